The summed E-state index contributed by atoms with van der Waals surface area (Å²) in [5, 5.41) is 35.9. The minimum Gasteiger partial charge on any atom is -0.497 e. The molecule has 11 heteroatoms. The quantitative estimate of drug-likeness (QED) is 0.339. The predicted molar refractivity (Wildman–Crippen MR) is 121 cm³/mol. The molecule has 0 aliphatic rings. The Morgan fingerprint density at radius 1 is 1.12 bits per heavy atom. The summed E-state index contributed by atoms with van der Waals surface area (Å²) < 4.78 is 6.43. The maximum Gasteiger partial charge on any atom is 0.354 e. The van der Waals surface area contributed by atoms with Crippen molar-refractivity contribution in [2.24, 2.45) is 0 Å². The summed E-state index contributed by atoms with van der Waals surface area (Å²) in [5.74, 6) is -2.93. The van der Waals surface area contributed by atoms with Crippen LogP contribution in [-0.2, 0) is 17.8 Å². The van der Waals surface area contributed by atoms with Crippen LogP contribution in [0.1, 0.15) is 32.0 Å². The number of carboxylic acids is 2. The van der Waals surface area contributed by atoms with E-state index < -0.39 is 30.0 Å². The first kappa shape index (κ1) is 24.7. The van der Waals surface area contributed by atoms with Gasteiger partial charge in [-0.1, -0.05) is 29.8 Å². The fourth-order valence-corrected chi connectivity index (χ4v) is 3.62. The molecule has 0 saturated heterocycles. The van der Waals surface area contributed by atoms with Crippen LogP contribution in [0.2, 0.25) is 5.02 Å². The van der Waals surface area contributed by atoms with Crippen molar-refractivity contribution in [3.8, 4) is 5.75 Å². The Morgan fingerprint density at radius 3 is 2.50 bits per heavy atom. The molecular formula is C23H22ClN3O7. The van der Waals surface area contributed by atoms with Gasteiger partial charge >= 0.3 is 11.9 Å². The minimum atomic E-state index is -1.90. The van der Waals surface area contributed by atoms with Gasteiger partial charge in [-0.3, -0.25) is 9.48 Å². The monoisotopic (exact) mass is 487 g/mol. The van der Waals surface area contributed by atoms with Crippen LogP contribution in [0.4, 0.5) is 0 Å². The summed E-state index contributed by atoms with van der Waals surface area (Å²) in [5.41, 5.74) is 0.984. The van der Waals surface area contributed by atoms with Crippen molar-refractivity contribution in [3.05, 3.63) is 82.1 Å². The molecule has 0 bridgehead atoms. The van der Waals surface area contributed by atoms with Gasteiger partial charge in [0.25, 0.3) is 5.91 Å². The smallest absolute Gasteiger partial charge is 0.354 e. The van der Waals surface area contributed by atoms with Crippen molar-refractivity contribution in [2.45, 2.75) is 25.1 Å². The average molecular weight is 488 g/mol. The molecule has 0 unspecified atom stereocenters. The molecule has 2 aromatic carbocycles. The lowest BCUT2D eigenvalue weighted by atomic mass is 9.99. The van der Waals surface area contributed by atoms with Gasteiger partial charge in [-0.05, 0) is 47.9 Å². The zero-order valence-electron chi connectivity index (χ0n) is 18.0. The number of aliphatic hydroxyl groups excluding tert-OH is 1. The third-order valence-corrected chi connectivity index (χ3v) is 5.53. The summed E-state index contributed by atoms with van der Waals surface area (Å²) >= 11 is 6.17. The number of aromatic nitrogens is 2. The van der Waals surface area contributed by atoms with Crippen LogP contribution < -0.4 is 10.1 Å². The number of carboxylic acid groups (broad SMARTS) is 2. The lowest BCUT2D eigenvalue weighted by molar-refractivity contribution is -0.148. The second kappa shape index (κ2) is 10.8. The molecule has 1 aromatic heterocycles. The number of halogens is 1. The van der Waals surface area contributed by atoms with Gasteiger partial charge in [-0.15, -0.1) is 0 Å². The highest BCUT2D eigenvalue weighted by Gasteiger charge is 2.29. The first-order valence-electron chi connectivity index (χ1n) is 10.1. The number of carbonyl (C=O) groups is 3. The molecule has 0 aliphatic carbocycles. The first-order valence-corrected chi connectivity index (χ1v) is 10.5. The second-order valence-corrected chi connectivity index (χ2v) is 7.77. The molecule has 0 radical (unpaired) electrons. The van der Waals surface area contributed by atoms with Crippen molar-refractivity contribution >= 4 is 29.4 Å². The normalized spacial score (nSPS) is 12.6. The second-order valence-electron chi connectivity index (χ2n) is 7.36. The van der Waals surface area contributed by atoms with Crippen LogP contribution in [0.15, 0.2) is 54.7 Å². The lowest BCUT2D eigenvalue weighted by Crippen LogP contribution is -2.48. The van der Waals surface area contributed by atoms with E-state index in [-0.39, 0.29) is 24.2 Å². The number of rotatable bonds is 10. The topological polar surface area (TPSA) is 151 Å². The number of benzene rings is 2. The Morgan fingerprint density at radius 2 is 1.85 bits per heavy atom. The SMILES string of the molecule is COc1ccc(C(=O)N[C@H](Cc2ccccc2Cl)[C@@H](O)C(=O)O)c(Cn2nccc2C(=O)O)c1. The van der Waals surface area contributed by atoms with Crippen LogP contribution in [0.25, 0.3) is 0 Å². The standard InChI is InChI=1S/C23H22ClN3O7/c1-34-15-6-7-16(14(10-15)12-27-19(22(30)31)8-9-25-27)21(29)26-18(20(28)23(32)33)11-13-4-2-3-5-17(13)24/h2-10,18,20,28H,11-12H2,1H3,(H,26,29)(H,30,31)(H,32,33)/t18-,20-/m1/s1. The molecule has 1 amide bonds. The molecule has 34 heavy (non-hydrogen) atoms. The van der Waals surface area contributed by atoms with E-state index in [1.807, 2.05) is 0 Å². The number of aromatic carboxylic acids is 1. The number of hydrogen-bond acceptors (Lipinski definition) is 6. The van der Waals surface area contributed by atoms with Gasteiger partial charge in [0, 0.05) is 16.8 Å². The minimum absolute atomic E-state index is 0.0350. The van der Waals surface area contributed by atoms with Crippen LogP contribution in [0.5, 0.6) is 5.75 Å². The van der Waals surface area contributed by atoms with Crippen LogP contribution in [0, 0.1) is 0 Å². The molecule has 3 aromatic rings. The molecule has 10 nitrogen and oxygen atoms in total. The predicted octanol–water partition coefficient (Wildman–Crippen LogP) is 2.08. The Kier molecular flexibility index (Phi) is 7.87. The molecule has 3 rings (SSSR count). The van der Waals surface area contributed by atoms with Gasteiger partial charge in [0.2, 0.25) is 0 Å². The number of aliphatic carboxylic acids is 1. The van der Waals surface area contributed by atoms with Crippen molar-refractivity contribution in [1.29, 1.82) is 0 Å². The van der Waals surface area contributed by atoms with Gasteiger partial charge in [-0.25, -0.2) is 9.59 Å². The molecule has 2 atom stereocenters. The molecule has 1 heterocycles. The van der Waals surface area contributed by atoms with E-state index in [4.69, 9.17) is 16.3 Å². The number of amides is 1. The summed E-state index contributed by atoms with van der Waals surface area (Å²) in [6, 6.07) is 11.4. The van der Waals surface area contributed by atoms with Crippen molar-refractivity contribution in [1.82, 2.24) is 15.1 Å². The fourth-order valence-electron chi connectivity index (χ4n) is 3.41. The lowest BCUT2D eigenvalue weighted by Gasteiger charge is -2.23. The van der Waals surface area contributed by atoms with Gasteiger partial charge in [-0.2, -0.15) is 5.10 Å². The number of hydrogen-bond donors (Lipinski definition) is 4. The number of carbonyl (C=O) groups excluding carboxylic acids is 1. The summed E-state index contributed by atoms with van der Waals surface area (Å²) in [6.45, 7) is -0.0642. The number of aliphatic hydroxyl groups is 1. The van der Waals surface area contributed by atoms with Crippen LogP contribution >= 0.6 is 11.6 Å². The van der Waals surface area contributed by atoms with Crippen LogP contribution in [-0.4, -0.2) is 62.2 Å². The van der Waals surface area contributed by atoms with Gasteiger partial charge in [0.05, 0.1) is 19.7 Å². The van der Waals surface area contributed by atoms with E-state index >= 15 is 0 Å². The zero-order chi connectivity index (χ0) is 24.8. The fraction of sp³-hybridized carbons (Fsp3) is 0.217. The molecule has 4 N–H and O–H groups in total. The number of nitrogens with one attached hydrogen (secondary N) is 1. The zero-order valence-corrected chi connectivity index (χ0v) is 18.8. The van der Waals surface area contributed by atoms with E-state index in [0.717, 1.165) is 0 Å². The first-order chi connectivity index (χ1) is 16.2. The van der Waals surface area contributed by atoms with E-state index in [9.17, 15) is 29.7 Å². The van der Waals surface area contributed by atoms with Gasteiger partial charge < -0.3 is 25.4 Å². The summed E-state index contributed by atoms with van der Waals surface area (Å²) in [7, 11) is 1.44. The molecule has 0 aliphatic heterocycles. The van der Waals surface area contributed by atoms with Gasteiger partial charge in [0.1, 0.15) is 11.4 Å². The largest absolute Gasteiger partial charge is 0.497 e. The van der Waals surface area contributed by atoms with Gasteiger partial charge in [0.15, 0.2) is 6.10 Å². The molecule has 178 valence electrons. The Labute approximate surface area is 199 Å². The van der Waals surface area contributed by atoms with Crippen LogP contribution in [0.3, 0.4) is 0 Å². The molecular weight excluding hydrogens is 466 g/mol. The van der Waals surface area contributed by atoms with Crippen molar-refractivity contribution in [2.75, 3.05) is 7.11 Å². The highest BCUT2D eigenvalue weighted by Crippen LogP contribution is 2.21. The molecule has 0 spiro atoms. The van der Waals surface area contributed by atoms with E-state index in [0.29, 0.717) is 21.9 Å². The number of ether oxygens (including phenoxy) is 1. The van der Waals surface area contributed by atoms with E-state index in [2.05, 4.69) is 10.4 Å². The maximum absolute atomic E-state index is 13.2. The Hall–Kier alpha value is -3.89. The van der Waals surface area contributed by atoms with Crippen molar-refractivity contribution in [3.63, 3.8) is 0 Å². The van der Waals surface area contributed by atoms with E-state index in [1.54, 1.807) is 30.3 Å². The average Bonchev–Trinajstić information content (AvgIpc) is 3.27. The molecule has 0 saturated carbocycles. The third-order valence-electron chi connectivity index (χ3n) is 5.16. The maximum atomic E-state index is 13.2. The van der Waals surface area contributed by atoms with E-state index in [1.165, 1.54) is 36.2 Å². The highest BCUT2D eigenvalue weighted by molar-refractivity contribution is 6.31. The highest BCUT2D eigenvalue weighted by atomic mass is 35.5. The number of nitrogens with zero attached hydrogens (tertiary/aromatic N) is 2. The summed E-state index contributed by atoms with van der Waals surface area (Å²) in [4.78, 5) is 36.1. The Bertz CT molecular complexity index is 1210. The summed E-state index contributed by atoms with van der Waals surface area (Å²) in [6.07, 6.45) is -0.606. The van der Waals surface area contributed by atoms with Crippen molar-refractivity contribution < 1.29 is 34.4 Å². The third kappa shape index (κ3) is 5.72. The Balaban J connectivity index is 1.93. The molecule has 0 fully saturated rings. The number of methoxy groups -OCH3 is 1.